The molecule has 0 amide bonds. The number of nitrogens with zero attached hydrogens (tertiary/aromatic N) is 1. The first-order chi connectivity index (χ1) is 5.27. The molecule has 1 aliphatic carbocycles. The van der Waals surface area contributed by atoms with Crippen molar-refractivity contribution < 1.29 is 0 Å². The Kier molecular flexibility index (Phi) is 1.92. The summed E-state index contributed by atoms with van der Waals surface area (Å²) in [5.74, 6) is 2.19. The minimum absolute atomic E-state index is 0.775. The second-order valence-electron chi connectivity index (χ2n) is 4.47. The lowest BCUT2D eigenvalue weighted by atomic mass is 9.69. The zero-order valence-corrected chi connectivity index (χ0v) is 7.71. The molecule has 2 fully saturated rings. The molecule has 0 aromatic heterocycles. The highest BCUT2D eigenvalue weighted by atomic mass is 15.2. The van der Waals surface area contributed by atoms with Gasteiger partial charge in [0.05, 0.1) is 0 Å². The Morgan fingerprint density at radius 2 is 1.82 bits per heavy atom. The standard InChI is InChI=1S/C10H19N/c1-8(2)11-6-5-9-3-4-10(9)7-11/h8-10H,3-7H2,1-2H3/t9-,10?/m0/s1. The fourth-order valence-electron chi connectivity index (χ4n) is 2.45. The van der Waals surface area contributed by atoms with Gasteiger partial charge in [-0.15, -0.1) is 0 Å². The van der Waals surface area contributed by atoms with Crippen LogP contribution in [0.1, 0.15) is 33.1 Å². The van der Waals surface area contributed by atoms with Crippen LogP contribution < -0.4 is 0 Å². The summed E-state index contributed by atoms with van der Waals surface area (Å²) in [7, 11) is 0. The van der Waals surface area contributed by atoms with Crippen molar-refractivity contribution in [3.8, 4) is 0 Å². The summed E-state index contributed by atoms with van der Waals surface area (Å²) in [6.45, 7) is 7.39. The molecule has 1 aliphatic heterocycles. The minimum Gasteiger partial charge on any atom is -0.301 e. The molecule has 1 heterocycles. The summed E-state index contributed by atoms with van der Waals surface area (Å²) in [4.78, 5) is 2.64. The average Bonchev–Trinajstić information content (AvgIpc) is 1.91. The van der Waals surface area contributed by atoms with E-state index in [1.54, 1.807) is 0 Å². The summed E-state index contributed by atoms with van der Waals surface area (Å²) in [6, 6.07) is 0.775. The maximum atomic E-state index is 2.64. The summed E-state index contributed by atoms with van der Waals surface area (Å²) in [6.07, 6.45) is 4.51. The lowest BCUT2D eigenvalue weighted by Gasteiger charge is -2.46. The zero-order valence-electron chi connectivity index (χ0n) is 7.71. The number of fused-ring (bicyclic) bond motifs is 1. The average molecular weight is 153 g/mol. The van der Waals surface area contributed by atoms with Crippen LogP contribution in [0.2, 0.25) is 0 Å². The fraction of sp³-hybridized carbons (Fsp3) is 1.00. The van der Waals surface area contributed by atoms with Gasteiger partial charge in [0.25, 0.3) is 0 Å². The largest absolute Gasteiger partial charge is 0.301 e. The highest BCUT2D eigenvalue weighted by molar-refractivity contribution is 4.88. The molecule has 1 unspecified atom stereocenters. The Morgan fingerprint density at radius 1 is 1.09 bits per heavy atom. The van der Waals surface area contributed by atoms with E-state index in [1.165, 1.54) is 32.4 Å². The van der Waals surface area contributed by atoms with E-state index >= 15 is 0 Å². The van der Waals surface area contributed by atoms with E-state index in [-0.39, 0.29) is 0 Å². The molecule has 0 aromatic rings. The van der Waals surface area contributed by atoms with Gasteiger partial charge in [0.1, 0.15) is 0 Å². The van der Waals surface area contributed by atoms with Gasteiger partial charge in [-0.2, -0.15) is 0 Å². The highest BCUT2D eigenvalue weighted by Crippen LogP contribution is 2.40. The van der Waals surface area contributed by atoms with Gasteiger partial charge in [-0.05, 0) is 51.5 Å². The molecule has 2 rings (SSSR count). The zero-order chi connectivity index (χ0) is 7.84. The van der Waals surface area contributed by atoms with Gasteiger partial charge >= 0.3 is 0 Å². The molecule has 1 saturated heterocycles. The molecule has 0 aromatic carbocycles. The van der Waals surface area contributed by atoms with Gasteiger partial charge in [-0.25, -0.2) is 0 Å². The summed E-state index contributed by atoms with van der Waals surface area (Å²) >= 11 is 0. The number of piperidine rings is 1. The van der Waals surface area contributed by atoms with E-state index < -0.39 is 0 Å². The fourth-order valence-corrected chi connectivity index (χ4v) is 2.45. The predicted molar refractivity (Wildman–Crippen MR) is 47.5 cm³/mol. The van der Waals surface area contributed by atoms with Crippen LogP contribution in [0.15, 0.2) is 0 Å². The van der Waals surface area contributed by atoms with E-state index in [1.807, 2.05) is 0 Å². The maximum absolute atomic E-state index is 2.64. The molecule has 11 heavy (non-hydrogen) atoms. The van der Waals surface area contributed by atoms with Crippen LogP contribution in [0.25, 0.3) is 0 Å². The van der Waals surface area contributed by atoms with E-state index in [9.17, 15) is 0 Å². The molecular formula is C10H19N. The smallest absolute Gasteiger partial charge is 0.00387 e. The quantitative estimate of drug-likeness (QED) is 0.558. The van der Waals surface area contributed by atoms with Crippen molar-refractivity contribution in [2.45, 2.75) is 39.2 Å². The van der Waals surface area contributed by atoms with E-state index in [4.69, 9.17) is 0 Å². The van der Waals surface area contributed by atoms with Crippen LogP contribution in [0.5, 0.6) is 0 Å². The number of hydrogen-bond acceptors (Lipinski definition) is 1. The SMILES string of the molecule is CC(C)N1CC[C@@H]2CCC2C1. The Morgan fingerprint density at radius 3 is 2.27 bits per heavy atom. The number of likely N-dealkylation sites (tertiary alicyclic amines) is 1. The molecule has 64 valence electrons. The van der Waals surface area contributed by atoms with Gasteiger partial charge in [0.2, 0.25) is 0 Å². The first-order valence-corrected chi connectivity index (χ1v) is 5.01. The molecule has 0 radical (unpaired) electrons. The van der Waals surface area contributed by atoms with Crippen LogP contribution in [0.3, 0.4) is 0 Å². The molecule has 0 bridgehead atoms. The lowest BCUT2D eigenvalue weighted by molar-refractivity contribution is 0.0306. The molecule has 1 heteroatoms. The Hall–Kier alpha value is -0.0400. The van der Waals surface area contributed by atoms with Crippen LogP contribution in [0.4, 0.5) is 0 Å². The predicted octanol–water partition coefficient (Wildman–Crippen LogP) is 2.13. The van der Waals surface area contributed by atoms with Crippen molar-refractivity contribution in [3.05, 3.63) is 0 Å². The van der Waals surface area contributed by atoms with Crippen molar-refractivity contribution in [1.82, 2.24) is 4.90 Å². The molecular weight excluding hydrogens is 134 g/mol. The van der Waals surface area contributed by atoms with Gasteiger partial charge < -0.3 is 4.90 Å². The van der Waals surface area contributed by atoms with Gasteiger partial charge in [-0.1, -0.05) is 0 Å². The third kappa shape index (κ3) is 1.31. The molecule has 1 saturated carbocycles. The second-order valence-corrected chi connectivity index (χ2v) is 4.47. The summed E-state index contributed by atoms with van der Waals surface area (Å²) in [5, 5.41) is 0. The van der Waals surface area contributed by atoms with E-state index in [2.05, 4.69) is 18.7 Å². The molecule has 1 nitrogen and oxygen atoms in total. The maximum Gasteiger partial charge on any atom is 0.00387 e. The van der Waals surface area contributed by atoms with Crippen LogP contribution in [-0.2, 0) is 0 Å². The van der Waals surface area contributed by atoms with Crippen LogP contribution in [0, 0.1) is 11.8 Å². The summed E-state index contributed by atoms with van der Waals surface area (Å²) in [5.41, 5.74) is 0. The molecule has 2 aliphatic rings. The minimum atomic E-state index is 0.775. The van der Waals surface area contributed by atoms with Crippen LogP contribution in [-0.4, -0.2) is 24.0 Å². The topological polar surface area (TPSA) is 3.24 Å². The summed E-state index contributed by atoms with van der Waals surface area (Å²) < 4.78 is 0. The van der Waals surface area contributed by atoms with Crippen molar-refractivity contribution in [2.24, 2.45) is 11.8 Å². The third-order valence-corrected chi connectivity index (χ3v) is 3.56. The van der Waals surface area contributed by atoms with Crippen molar-refractivity contribution >= 4 is 0 Å². The Bertz CT molecular complexity index is 142. The second kappa shape index (κ2) is 2.78. The van der Waals surface area contributed by atoms with E-state index in [0.29, 0.717) is 0 Å². The molecule has 0 spiro atoms. The Labute approximate surface area is 69.8 Å². The van der Waals surface area contributed by atoms with Crippen molar-refractivity contribution in [1.29, 1.82) is 0 Å². The Balaban J connectivity index is 1.88. The number of hydrogen-bond donors (Lipinski definition) is 0. The van der Waals surface area contributed by atoms with Crippen LogP contribution >= 0.6 is 0 Å². The highest BCUT2D eigenvalue weighted by Gasteiger charge is 2.36. The first kappa shape index (κ1) is 7.60. The monoisotopic (exact) mass is 153 g/mol. The number of rotatable bonds is 1. The third-order valence-electron chi connectivity index (χ3n) is 3.56. The normalized spacial score (nSPS) is 38.5. The first-order valence-electron chi connectivity index (χ1n) is 5.01. The van der Waals surface area contributed by atoms with Crippen molar-refractivity contribution in [3.63, 3.8) is 0 Å². The van der Waals surface area contributed by atoms with Gasteiger partial charge in [0.15, 0.2) is 0 Å². The van der Waals surface area contributed by atoms with Gasteiger partial charge in [0, 0.05) is 12.6 Å². The molecule has 0 N–H and O–H groups in total. The van der Waals surface area contributed by atoms with Gasteiger partial charge in [-0.3, -0.25) is 0 Å². The van der Waals surface area contributed by atoms with Crippen molar-refractivity contribution in [2.75, 3.05) is 13.1 Å². The lowest BCUT2D eigenvalue weighted by Crippen LogP contribution is -2.47. The van der Waals surface area contributed by atoms with E-state index in [0.717, 1.165) is 17.9 Å². The molecule has 2 atom stereocenters.